The van der Waals surface area contributed by atoms with E-state index in [9.17, 15) is 18.0 Å². The number of benzene rings is 1. The molecule has 166 valence electrons. The summed E-state index contributed by atoms with van der Waals surface area (Å²) >= 11 is 0. The van der Waals surface area contributed by atoms with Gasteiger partial charge in [0.2, 0.25) is 0 Å². The van der Waals surface area contributed by atoms with Gasteiger partial charge in [-0.1, -0.05) is 31.4 Å². The van der Waals surface area contributed by atoms with E-state index >= 15 is 0 Å². The van der Waals surface area contributed by atoms with Crippen molar-refractivity contribution in [3.63, 3.8) is 0 Å². The molecule has 1 fully saturated rings. The van der Waals surface area contributed by atoms with Gasteiger partial charge in [-0.2, -0.15) is 0 Å². The van der Waals surface area contributed by atoms with E-state index in [2.05, 4.69) is 20.6 Å². The average Bonchev–Trinajstić information content (AvgIpc) is 2.76. The third-order valence-corrected chi connectivity index (χ3v) is 6.32. The molecule has 0 spiro atoms. The number of amides is 3. The summed E-state index contributed by atoms with van der Waals surface area (Å²) in [6.07, 6.45) is 4.82. The summed E-state index contributed by atoms with van der Waals surface area (Å²) in [4.78, 5) is 31.9. The second kappa shape index (κ2) is 10.3. The number of carbonyl (C=O) groups excluding carboxylic acids is 2. The molecular weight excluding hydrogens is 418 g/mol. The fourth-order valence-electron chi connectivity index (χ4n) is 3.31. The molecule has 0 unspecified atom stereocenters. The number of nitrogens with zero attached hydrogens (tertiary/aromatic N) is 2. The van der Waals surface area contributed by atoms with Gasteiger partial charge in [0.15, 0.2) is 0 Å². The Hall–Kier alpha value is -3.01. The van der Waals surface area contributed by atoms with Crippen LogP contribution in [0.2, 0.25) is 0 Å². The molecule has 9 nitrogen and oxygen atoms in total. The Kier molecular flexibility index (Phi) is 6.65. The van der Waals surface area contributed by atoms with E-state index in [1.54, 1.807) is 12.1 Å². The lowest BCUT2D eigenvalue weighted by Gasteiger charge is -2.22. The van der Waals surface area contributed by atoms with Crippen LogP contribution in [-0.2, 0) is 16.4 Å². The zero-order valence-electron chi connectivity index (χ0n) is 19.3. The molecular formula is C21H27N5O4S. The Bertz CT molecular complexity index is 1120. The van der Waals surface area contributed by atoms with Crippen molar-refractivity contribution < 1.29 is 20.7 Å². The summed E-state index contributed by atoms with van der Waals surface area (Å²) in [5.74, 6) is -0.603. The van der Waals surface area contributed by atoms with Gasteiger partial charge < -0.3 is 10.6 Å². The van der Waals surface area contributed by atoms with E-state index in [1.807, 2.05) is 4.72 Å². The molecule has 3 N–H and O–H groups in total. The fourth-order valence-corrected chi connectivity index (χ4v) is 4.22. The molecule has 0 atom stereocenters. The molecule has 0 bridgehead atoms. The summed E-state index contributed by atoms with van der Waals surface area (Å²) in [5, 5.41) is 5.33. The molecule has 1 saturated carbocycles. The maximum Gasteiger partial charge on any atom is 0.328 e. The summed E-state index contributed by atoms with van der Waals surface area (Å²) in [6.45, 7) is 1.76. The lowest BCUT2D eigenvalue weighted by molar-refractivity contribution is 0.0948. The maximum atomic E-state index is 12.5. The topological polar surface area (TPSA) is 130 Å². The second-order valence-corrected chi connectivity index (χ2v) is 9.13. The van der Waals surface area contributed by atoms with Crippen molar-refractivity contribution in [1.29, 1.82) is 0 Å². The molecule has 1 aromatic carbocycles. The molecule has 0 radical (unpaired) electrons. The summed E-state index contributed by atoms with van der Waals surface area (Å²) < 4.78 is 42.3. The normalized spacial score (nSPS) is 15.5. The summed E-state index contributed by atoms with van der Waals surface area (Å²) in [7, 11) is -4.00. The molecule has 3 amide bonds. The minimum absolute atomic E-state index is 0.00346. The first-order chi connectivity index (χ1) is 15.7. The zero-order chi connectivity index (χ0) is 24.0. The first kappa shape index (κ1) is 19.9. The highest BCUT2D eigenvalue weighted by Gasteiger charge is 2.21. The molecule has 2 aromatic rings. The zero-order valence-corrected chi connectivity index (χ0v) is 18.1. The van der Waals surface area contributed by atoms with E-state index in [0.29, 0.717) is 6.42 Å². The predicted molar refractivity (Wildman–Crippen MR) is 115 cm³/mol. The lowest BCUT2D eigenvalue weighted by atomic mass is 9.96. The summed E-state index contributed by atoms with van der Waals surface area (Å²) in [6, 6.07) is 5.26. The van der Waals surface area contributed by atoms with Crippen molar-refractivity contribution >= 4 is 22.0 Å². The predicted octanol–water partition coefficient (Wildman–Crippen LogP) is 2.08. The highest BCUT2D eigenvalue weighted by Crippen LogP contribution is 2.17. The van der Waals surface area contributed by atoms with Gasteiger partial charge in [0.05, 0.1) is 19.5 Å². The van der Waals surface area contributed by atoms with Gasteiger partial charge >= 0.3 is 6.03 Å². The number of hydrogen-bond donors (Lipinski definition) is 3. The van der Waals surface area contributed by atoms with Gasteiger partial charge in [-0.3, -0.25) is 9.78 Å². The van der Waals surface area contributed by atoms with Crippen LogP contribution in [0.3, 0.4) is 0 Å². The van der Waals surface area contributed by atoms with E-state index in [0.717, 1.165) is 37.7 Å². The highest BCUT2D eigenvalue weighted by atomic mass is 32.2. The molecule has 31 heavy (non-hydrogen) atoms. The molecule has 1 aromatic heterocycles. The van der Waals surface area contributed by atoms with E-state index in [-0.39, 0.29) is 41.2 Å². The number of hydrogen-bond acceptors (Lipinski definition) is 6. The van der Waals surface area contributed by atoms with Crippen molar-refractivity contribution in [2.45, 2.75) is 56.4 Å². The monoisotopic (exact) mass is 447 g/mol. The SMILES string of the molecule is [2H]c1nc(C(=O)NCCc2ccc(S(=O)(=O)NC(=O)NC3CCCCC3)cc2)c([2H])nc1C. The van der Waals surface area contributed by atoms with Gasteiger partial charge in [-0.15, -0.1) is 0 Å². The van der Waals surface area contributed by atoms with Crippen LogP contribution >= 0.6 is 0 Å². The number of aryl methyl sites for hydroxylation is 1. The third kappa shape index (κ3) is 6.74. The van der Waals surface area contributed by atoms with Gasteiger partial charge in [0.1, 0.15) is 5.69 Å². The number of nitrogens with one attached hydrogen (secondary N) is 3. The average molecular weight is 448 g/mol. The van der Waals surface area contributed by atoms with E-state index in [4.69, 9.17) is 2.74 Å². The molecule has 1 aliphatic carbocycles. The van der Waals surface area contributed by atoms with Crippen LogP contribution in [-0.4, -0.2) is 42.9 Å². The number of rotatable bonds is 7. The van der Waals surface area contributed by atoms with Crippen LogP contribution < -0.4 is 15.4 Å². The molecule has 10 heteroatoms. The minimum atomic E-state index is -4.00. The fraction of sp³-hybridized carbons (Fsp3) is 0.429. The first-order valence-electron chi connectivity index (χ1n) is 11.2. The van der Waals surface area contributed by atoms with Crippen molar-refractivity contribution in [2.24, 2.45) is 0 Å². The maximum absolute atomic E-state index is 12.5. The van der Waals surface area contributed by atoms with Gasteiger partial charge in [0, 0.05) is 18.8 Å². The van der Waals surface area contributed by atoms with Crippen LogP contribution in [0.15, 0.2) is 41.5 Å². The van der Waals surface area contributed by atoms with Crippen molar-refractivity contribution in [3.05, 3.63) is 53.6 Å². The number of aromatic nitrogens is 2. The second-order valence-electron chi connectivity index (χ2n) is 7.44. The number of urea groups is 1. The minimum Gasteiger partial charge on any atom is -0.350 e. The number of carbonyl (C=O) groups is 2. The van der Waals surface area contributed by atoms with Crippen LogP contribution in [0, 0.1) is 6.92 Å². The molecule has 1 heterocycles. The van der Waals surface area contributed by atoms with E-state index < -0.39 is 22.0 Å². The van der Waals surface area contributed by atoms with E-state index in [1.165, 1.54) is 19.1 Å². The van der Waals surface area contributed by atoms with Crippen LogP contribution in [0.5, 0.6) is 0 Å². The lowest BCUT2D eigenvalue weighted by Crippen LogP contribution is -2.45. The molecule has 1 aliphatic rings. The third-order valence-electron chi connectivity index (χ3n) is 4.97. The largest absolute Gasteiger partial charge is 0.350 e. The quantitative estimate of drug-likeness (QED) is 0.596. The van der Waals surface area contributed by atoms with Crippen molar-refractivity contribution in [2.75, 3.05) is 6.54 Å². The van der Waals surface area contributed by atoms with Crippen molar-refractivity contribution in [3.8, 4) is 0 Å². The Balaban J connectivity index is 1.51. The number of sulfonamides is 1. The summed E-state index contributed by atoms with van der Waals surface area (Å²) in [5.41, 5.74) is 0.820. The Labute approximate surface area is 184 Å². The van der Waals surface area contributed by atoms with Gasteiger partial charge in [-0.25, -0.2) is 22.9 Å². The van der Waals surface area contributed by atoms with Gasteiger partial charge in [0.25, 0.3) is 15.9 Å². The highest BCUT2D eigenvalue weighted by molar-refractivity contribution is 7.90. The molecule has 3 rings (SSSR count). The molecule has 0 saturated heterocycles. The van der Waals surface area contributed by atoms with Gasteiger partial charge in [-0.05, 0) is 43.9 Å². The first-order valence-corrected chi connectivity index (χ1v) is 11.7. The standard InChI is InChI=1S/C21H27N5O4S/c1-15-13-24-19(14-23-15)20(27)22-12-11-16-7-9-18(10-8-16)31(29,30)26-21(28)25-17-5-3-2-4-6-17/h7-10,13-14,17H,2-6,11-12H2,1H3,(H,22,27)(H2,25,26,28)/i13D,14D. The Morgan fingerprint density at radius 2 is 1.81 bits per heavy atom. The smallest absolute Gasteiger partial charge is 0.328 e. The Morgan fingerprint density at radius 3 is 2.52 bits per heavy atom. The van der Waals surface area contributed by atoms with Crippen LogP contribution in [0.25, 0.3) is 0 Å². The van der Waals surface area contributed by atoms with Crippen LogP contribution in [0.1, 0.15) is 56.6 Å². The Morgan fingerprint density at radius 1 is 1.10 bits per heavy atom. The molecule has 0 aliphatic heterocycles. The van der Waals surface area contributed by atoms with Crippen molar-refractivity contribution in [1.82, 2.24) is 25.3 Å². The van der Waals surface area contributed by atoms with Crippen LogP contribution in [0.4, 0.5) is 4.79 Å².